The van der Waals surface area contributed by atoms with Gasteiger partial charge in [-0.3, -0.25) is 4.99 Å². The number of rotatable bonds is 1. The fourth-order valence-electron chi connectivity index (χ4n) is 1.75. The summed E-state index contributed by atoms with van der Waals surface area (Å²) in [6.07, 6.45) is 0. The molecule has 1 unspecified atom stereocenters. The molecule has 0 bridgehead atoms. The molecule has 0 saturated heterocycles. The van der Waals surface area contributed by atoms with Crippen molar-refractivity contribution in [3.63, 3.8) is 0 Å². The molecule has 1 atom stereocenters. The van der Waals surface area contributed by atoms with Crippen LogP contribution in [0.2, 0.25) is 0 Å². The van der Waals surface area contributed by atoms with E-state index in [1.807, 2.05) is 24.1 Å². The summed E-state index contributed by atoms with van der Waals surface area (Å²) in [5.41, 5.74) is 6.77. The Balaban J connectivity index is 2.16. The second-order valence-corrected chi connectivity index (χ2v) is 3.83. The lowest BCUT2D eigenvalue weighted by Crippen LogP contribution is -2.41. The Morgan fingerprint density at radius 2 is 2.07 bits per heavy atom. The Labute approximate surface area is 88.4 Å². The van der Waals surface area contributed by atoms with E-state index < -0.39 is 0 Å². The molecule has 1 heterocycles. The lowest BCUT2D eigenvalue weighted by molar-refractivity contribution is 0.422. The highest BCUT2D eigenvalue weighted by Gasteiger charge is 2.19. The first-order valence-corrected chi connectivity index (χ1v) is 4.93. The molecule has 1 aromatic rings. The Hall–Kier alpha value is -1.58. The van der Waals surface area contributed by atoms with E-state index in [4.69, 9.17) is 5.73 Å². The first-order valence-electron chi connectivity index (χ1n) is 4.93. The molecule has 0 saturated carbocycles. The summed E-state index contributed by atoms with van der Waals surface area (Å²) in [5, 5.41) is 0. The summed E-state index contributed by atoms with van der Waals surface area (Å²) >= 11 is 0. The van der Waals surface area contributed by atoms with Gasteiger partial charge < -0.3 is 10.6 Å². The van der Waals surface area contributed by atoms with Crippen LogP contribution in [0.4, 0.5) is 4.39 Å². The molecule has 15 heavy (non-hydrogen) atoms. The molecule has 2 N–H and O–H groups in total. The van der Waals surface area contributed by atoms with Crippen molar-refractivity contribution in [3.8, 4) is 0 Å². The maximum atomic E-state index is 12.7. The van der Waals surface area contributed by atoms with Gasteiger partial charge in [-0.15, -0.1) is 0 Å². The first kappa shape index (κ1) is 9.96. The van der Waals surface area contributed by atoms with Crippen LogP contribution in [-0.2, 0) is 0 Å². The predicted octanol–water partition coefficient (Wildman–Crippen LogP) is 1.17. The first-order chi connectivity index (χ1) is 7.16. The van der Waals surface area contributed by atoms with Gasteiger partial charge in [0.2, 0.25) is 0 Å². The monoisotopic (exact) mass is 207 g/mol. The van der Waals surface area contributed by atoms with Crippen LogP contribution in [0.15, 0.2) is 29.3 Å². The fraction of sp³-hybridized carbons (Fsp3) is 0.364. The third kappa shape index (κ3) is 2.09. The average Bonchev–Trinajstić information content (AvgIpc) is 2.23. The number of nitrogens with zero attached hydrogens (tertiary/aromatic N) is 2. The molecule has 0 fully saturated rings. The lowest BCUT2D eigenvalue weighted by Gasteiger charge is -2.28. The number of halogens is 1. The van der Waals surface area contributed by atoms with Gasteiger partial charge in [0.25, 0.3) is 0 Å². The molecule has 0 aromatic heterocycles. The standard InChI is InChI=1S/C11H14FN3/c1-15-7-9(6-14-11(15)13)8-2-4-10(12)5-3-8/h2-5,9H,6-7H2,1H3,(H2,13,14). The van der Waals surface area contributed by atoms with Gasteiger partial charge in [0, 0.05) is 19.5 Å². The Morgan fingerprint density at radius 1 is 1.40 bits per heavy atom. The van der Waals surface area contributed by atoms with Gasteiger partial charge >= 0.3 is 0 Å². The Bertz CT molecular complexity index is 372. The highest BCUT2D eigenvalue weighted by atomic mass is 19.1. The van der Waals surface area contributed by atoms with Crippen LogP contribution in [0.5, 0.6) is 0 Å². The normalized spacial score (nSPS) is 21.3. The second kappa shape index (κ2) is 3.88. The predicted molar refractivity (Wildman–Crippen MR) is 58.3 cm³/mol. The van der Waals surface area contributed by atoms with Crippen LogP contribution in [0, 0.1) is 5.82 Å². The highest BCUT2D eigenvalue weighted by molar-refractivity contribution is 5.78. The number of aliphatic imine (C=N–C) groups is 1. The molecule has 4 heteroatoms. The maximum Gasteiger partial charge on any atom is 0.191 e. The van der Waals surface area contributed by atoms with E-state index >= 15 is 0 Å². The van der Waals surface area contributed by atoms with Crippen LogP contribution < -0.4 is 5.73 Å². The summed E-state index contributed by atoms with van der Waals surface area (Å²) in [6.45, 7) is 1.52. The second-order valence-electron chi connectivity index (χ2n) is 3.83. The summed E-state index contributed by atoms with van der Waals surface area (Å²) < 4.78 is 12.7. The molecule has 1 aromatic carbocycles. The molecular weight excluding hydrogens is 193 g/mol. The SMILES string of the molecule is CN1CC(c2ccc(F)cc2)CN=C1N. The van der Waals surface area contributed by atoms with Crippen molar-refractivity contribution in [1.82, 2.24) is 4.90 Å². The molecule has 2 rings (SSSR count). The summed E-state index contributed by atoms with van der Waals surface area (Å²) in [6, 6.07) is 6.59. The number of hydrogen-bond donors (Lipinski definition) is 1. The zero-order valence-electron chi connectivity index (χ0n) is 8.65. The van der Waals surface area contributed by atoms with Gasteiger partial charge in [0.15, 0.2) is 5.96 Å². The van der Waals surface area contributed by atoms with Gasteiger partial charge in [0.1, 0.15) is 5.82 Å². The van der Waals surface area contributed by atoms with E-state index in [9.17, 15) is 4.39 Å². The molecule has 0 aliphatic carbocycles. The number of benzene rings is 1. The van der Waals surface area contributed by atoms with E-state index in [1.54, 1.807) is 0 Å². The zero-order chi connectivity index (χ0) is 10.8. The van der Waals surface area contributed by atoms with Crippen LogP contribution in [0.1, 0.15) is 11.5 Å². The Kier molecular flexibility index (Phi) is 2.58. The van der Waals surface area contributed by atoms with Gasteiger partial charge in [-0.25, -0.2) is 4.39 Å². The molecular formula is C11H14FN3. The quantitative estimate of drug-likeness (QED) is 0.751. The van der Waals surface area contributed by atoms with Gasteiger partial charge in [-0.1, -0.05) is 12.1 Å². The maximum absolute atomic E-state index is 12.7. The number of nitrogens with two attached hydrogens (primary N) is 1. The van der Waals surface area contributed by atoms with Crippen molar-refractivity contribution in [1.29, 1.82) is 0 Å². The smallest absolute Gasteiger partial charge is 0.191 e. The van der Waals surface area contributed by atoms with Crippen molar-refractivity contribution in [3.05, 3.63) is 35.6 Å². The van der Waals surface area contributed by atoms with Crippen molar-refractivity contribution in [2.45, 2.75) is 5.92 Å². The van der Waals surface area contributed by atoms with Crippen molar-refractivity contribution in [2.24, 2.45) is 10.7 Å². The molecule has 80 valence electrons. The topological polar surface area (TPSA) is 41.6 Å². The van der Waals surface area contributed by atoms with Crippen molar-refractivity contribution >= 4 is 5.96 Å². The number of hydrogen-bond acceptors (Lipinski definition) is 3. The third-order valence-corrected chi connectivity index (χ3v) is 2.70. The Morgan fingerprint density at radius 3 is 2.67 bits per heavy atom. The highest BCUT2D eigenvalue weighted by Crippen LogP contribution is 2.20. The molecule has 0 radical (unpaired) electrons. The van der Waals surface area contributed by atoms with Gasteiger partial charge in [0.05, 0.1) is 6.54 Å². The van der Waals surface area contributed by atoms with E-state index in [2.05, 4.69) is 4.99 Å². The van der Waals surface area contributed by atoms with E-state index in [-0.39, 0.29) is 5.82 Å². The lowest BCUT2D eigenvalue weighted by atomic mass is 9.98. The third-order valence-electron chi connectivity index (χ3n) is 2.70. The number of guanidine groups is 1. The summed E-state index contributed by atoms with van der Waals surface area (Å²) in [4.78, 5) is 6.13. The minimum atomic E-state index is -0.203. The van der Waals surface area contributed by atoms with Crippen LogP contribution in [-0.4, -0.2) is 31.0 Å². The molecule has 1 aliphatic rings. The average molecular weight is 207 g/mol. The van der Waals surface area contributed by atoms with Crippen molar-refractivity contribution < 1.29 is 4.39 Å². The molecule has 0 spiro atoms. The van der Waals surface area contributed by atoms with E-state index in [0.29, 0.717) is 18.4 Å². The van der Waals surface area contributed by atoms with Gasteiger partial charge in [-0.05, 0) is 17.7 Å². The molecule has 1 aliphatic heterocycles. The van der Waals surface area contributed by atoms with Crippen molar-refractivity contribution in [2.75, 3.05) is 20.1 Å². The van der Waals surface area contributed by atoms with Gasteiger partial charge in [-0.2, -0.15) is 0 Å². The van der Waals surface area contributed by atoms with E-state index in [0.717, 1.165) is 12.1 Å². The fourth-order valence-corrected chi connectivity index (χ4v) is 1.75. The van der Waals surface area contributed by atoms with Crippen LogP contribution in [0.3, 0.4) is 0 Å². The largest absolute Gasteiger partial charge is 0.370 e. The summed E-state index contributed by atoms with van der Waals surface area (Å²) in [7, 11) is 1.91. The minimum absolute atomic E-state index is 0.203. The zero-order valence-corrected chi connectivity index (χ0v) is 8.65. The minimum Gasteiger partial charge on any atom is -0.370 e. The van der Waals surface area contributed by atoms with Crippen LogP contribution in [0.25, 0.3) is 0 Å². The number of likely N-dealkylation sites (N-methyl/N-ethyl adjacent to an activating group) is 1. The molecule has 3 nitrogen and oxygen atoms in total. The van der Waals surface area contributed by atoms with Crippen LogP contribution >= 0.6 is 0 Å². The molecule has 0 amide bonds. The van der Waals surface area contributed by atoms with E-state index in [1.165, 1.54) is 12.1 Å². The summed E-state index contributed by atoms with van der Waals surface area (Å²) in [5.74, 6) is 0.683.